The van der Waals surface area contributed by atoms with Crippen molar-refractivity contribution in [3.05, 3.63) is 51.5 Å². The van der Waals surface area contributed by atoms with Crippen LogP contribution in [0.5, 0.6) is 17.2 Å². The third kappa shape index (κ3) is 3.84. The Balaban J connectivity index is 2.16. The molecule has 0 unspecified atom stereocenters. The van der Waals surface area contributed by atoms with Crippen molar-refractivity contribution in [2.45, 2.75) is 6.54 Å². The zero-order valence-electron chi connectivity index (χ0n) is 12.1. The van der Waals surface area contributed by atoms with E-state index in [-0.39, 0.29) is 10.8 Å². The minimum atomic E-state index is -0.0397. The Kier molecular flexibility index (Phi) is 5.52. The van der Waals surface area contributed by atoms with Gasteiger partial charge in [-0.15, -0.1) is 0 Å². The van der Waals surface area contributed by atoms with E-state index in [1.54, 1.807) is 20.3 Å². The molecule has 0 aromatic heterocycles. The maximum atomic E-state index is 9.85. The predicted octanol–water partition coefficient (Wildman–Crippen LogP) is 4.34. The lowest BCUT2D eigenvalue weighted by molar-refractivity contribution is 0.354. The molecule has 0 amide bonds. The summed E-state index contributed by atoms with van der Waals surface area (Å²) in [5.41, 5.74) is 1.42. The number of aromatic hydroxyl groups is 1. The van der Waals surface area contributed by atoms with Gasteiger partial charge < -0.3 is 14.6 Å². The summed E-state index contributed by atoms with van der Waals surface area (Å²) in [6.45, 7) is 0.421. The van der Waals surface area contributed by atoms with E-state index in [1.807, 2.05) is 18.2 Å². The number of methoxy groups -OCH3 is 2. The van der Waals surface area contributed by atoms with Crippen molar-refractivity contribution < 1.29 is 14.6 Å². The lowest BCUT2D eigenvalue weighted by atomic mass is 10.2. The molecule has 0 saturated carbocycles. The lowest BCUT2D eigenvalue weighted by Gasteiger charge is -2.08. The summed E-state index contributed by atoms with van der Waals surface area (Å²) >= 11 is 11.8. The maximum absolute atomic E-state index is 9.85. The van der Waals surface area contributed by atoms with Crippen molar-refractivity contribution >= 4 is 29.4 Å². The molecule has 0 spiro atoms. The predicted molar refractivity (Wildman–Crippen MR) is 89.0 cm³/mol. The highest BCUT2D eigenvalue weighted by molar-refractivity contribution is 6.36. The highest BCUT2D eigenvalue weighted by Gasteiger charge is 2.06. The summed E-state index contributed by atoms with van der Waals surface area (Å²) in [5, 5.41) is 10.5. The Labute approximate surface area is 138 Å². The molecule has 4 nitrogen and oxygen atoms in total. The fourth-order valence-corrected chi connectivity index (χ4v) is 2.42. The van der Waals surface area contributed by atoms with Crippen LogP contribution >= 0.6 is 23.2 Å². The topological polar surface area (TPSA) is 51.0 Å². The van der Waals surface area contributed by atoms with E-state index < -0.39 is 0 Å². The van der Waals surface area contributed by atoms with E-state index in [4.69, 9.17) is 32.7 Å². The van der Waals surface area contributed by atoms with E-state index in [9.17, 15) is 5.11 Å². The average Bonchev–Trinajstić information content (AvgIpc) is 2.51. The van der Waals surface area contributed by atoms with Crippen LogP contribution in [0.3, 0.4) is 0 Å². The molecule has 0 fully saturated rings. The first kappa shape index (κ1) is 16.5. The number of hydrogen-bond donors (Lipinski definition) is 1. The van der Waals surface area contributed by atoms with Gasteiger partial charge in [0, 0.05) is 16.8 Å². The zero-order valence-corrected chi connectivity index (χ0v) is 13.6. The third-order valence-electron chi connectivity index (χ3n) is 3.01. The van der Waals surface area contributed by atoms with Crippen molar-refractivity contribution in [3.63, 3.8) is 0 Å². The van der Waals surface area contributed by atoms with Crippen LogP contribution < -0.4 is 9.47 Å². The average molecular weight is 340 g/mol. The van der Waals surface area contributed by atoms with Gasteiger partial charge in [0.1, 0.15) is 5.75 Å². The lowest BCUT2D eigenvalue weighted by Crippen LogP contribution is -1.92. The molecule has 0 atom stereocenters. The Morgan fingerprint density at radius 2 is 1.82 bits per heavy atom. The third-order valence-corrected chi connectivity index (χ3v) is 3.52. The Hall–Kier alpha value is -1.91. The molecule has 2 aromatic rings. The molecule has 0 heterocycles. The van der Waals surface area contributed by atoms with Crippen LogP contribution in [0.2, 0.25) is 10.0 Å². The number of rotatable bonds is 5. The number of aliphatic imine (C=N–C) groups is 1. The number of benzene rings is 2. The molecule has 0 bridgehead atoms. The monoisotopic (exact) mass is 339 g/mol. The number of phenols is 1. The molecule has 0 aliphatic heterocycles. The molecule has 116 valence electrons. The molecule has 1 N–H and O–H groups in total. The number of phenolic OH excluding ortho intramolecular Hbond substituents is 1. The van der Waals surface area contributed by atoms with E-state index >= 15 is 0 Å². The van der Waals surface area contributed by atoms with Crippen LogP contribution in [0.1, 0.15) is 11.1 Å². The normalized spacial score (nSPS) is 10.9. The van der Waals surface area contributed by atoms with Crippen molar-refractivity contribution in [2.24, 2.45) is 4.99 Å². The summed E-state index contributed by atoms with van der Waals surface area (Å²) in [6.07, 6.45) is 1.53. The fraction of sp³-hybridized carbons (Fsp3) is 0.188. The van der Waals surface area contributed by atoms with E-state index in [0.29, 0.717) is 28.6 Å². The summed E-state index contributed by atoms with van der Waals surface area (Å²) < 4.78 is 10.4. The second-order valence-corrected chi connectivity index (χ2v) is 5.33. The smallest absolute Gasteiger partial charge is 0.161 e. The second-order valence-electron chi connectivity index (χ2n) is 4.48. The first-order valence-corrected chi connectivity index (χ1v) is 7.19. The number of hydrogen-bond acceptors (Lipinski definition) is 4. The maximum Gasteiger partial charge on any atom is 0.161 e. The van der Waals surface area contributed by atoms with Gasteiger partial charge in [-0.05, 0) is 29.8 Å². The van der Waals surface area contributed by atoms with Crippen molar-refractivity contribution in [1.29, 1.82) is 0 Å². The molecule has 0 radical (unpaired) electrons. The van der Waals surface area contributed by atoms with Crippen molar-refractivity contribution in [2.75, 3.05) is 14.2 Å². The van der Waals surface area contributed by atoms with E-state index in [2.05, 4.69) is 4.99 Å². The first-order chi connectivity index (χ1) is 10.5. The van der Waals surface area contributed by atoms with Crippen molar-refractivity contribution in [3.8, 4) is 17.2 Å². The minimum absolute atomic E-state index is 0.0397. The van der Waals surface area contributed by atoms with Crippen LogP contribution in [-0.2, 0) is 6.54 Å². The SMILES string of the molecule is COc1ccc(CN=Cc2cc(Cl)cc(Cl)c2O)cc1OC. The van der Waals surface area contributed by atoms with Gasteiger partial charge in [0.25, 0.3) is 0 Å². The summed E-state index contributed by atoms with van der Waals surface area (Å²) in [7, 11) is 3.16. The van der Waals surface area contributed by atoms with Crippen LogP contribution in [0.15, 0.2) is 35.3 Å². The Morgan fingerprint density at radius 1 is 1.09 bits per heavy atom. The highest BCUT2D eigenvalue weighted by atomic mass is 35.5. The Morgan fingerprint density at radius 3 is 2.50 bits per heavy atom. The van der Waals surface area contributed by atoms with Gasteiger partial charge in [0.05, 0.1) is 25.8 Å². The quantitative estimate of drug-likeness (QED) is 0.824. The largest absolute Gasteiger partial charge is 0.506 e. The molecular formula is C16H15Cl2NO3. The van der Waals surface area contributed by atoms with Crippen LogP contribution in [-0.4, -0.2) is 25.5 Å². The van der Waals surface area contributed by atoms with Crippen molar-refractivity contribution in [1.82, 2.24) is 0 Å². The van der Waals surface area contributed by atoms with Gasteiger partial charge in [0.2, 0.25) is 0 Å². The molecular weight excluding hydrogens is 325 g/mol. The Bertz CT molecular complexity index is 702. The molecule has 2 aromatic carbocycles. The van der Waals surface area contributed by atoms with Gasteiger partial charge in [-0.3, -0.25) is 4.99 Å². The molecule has 22 heavy (non-hydrogen) atoms. The van der Waals surface area contributed by atoms with E-state index in [0.717, 1.165) is 5.56 Å². The van der Waals surface area contributed by atoms with Crippen LogP contribution in [0, 0.1) is 0 Å². The molecule has 6 heteroatoms. The van der Waals surface area contributed by atoms with Crippen LogP contribution in [0.25, 0.3) is 0 Å². The van der Waals surface area contributed by atoms with Crippen LogP contribution in [0.4, 0.5) is 0 Å². The molecule has 0 saturated heterocycles. The van der Waals surface area contributed by atoms with Gasteiger partial charge in [-0.2, -0.15) is 0 Å². The molecule has 0 aliphatic rings. The molecule has 2 rings (SSSR count). The van der Waals surface area contributed by atoms with Gasteiger partial charge in [0.15, 0.2) is 11.5 Å². The highest BCUT2D eigenvalue weighted by Crippen LogP contribution is 2.30. The number of ether oxygens (including phenoxy) is 2. The first-order valence-electron chi connectivity index (χ1n) is 6.44. The van der Waals surface area contributed by atoms with Gasteiger partial charge in [-0.1, -0.05) is 29.3 Å². The number of halogens is 2. The fourth-order valence-electron chi connectivity index (χ4n) is 1.91. The second kappa shape index (κ2) is 7.38. The summed E-state index contributed by atoms with van der Waals surface area (Å²) in [6, 6.07) is 8.63. The van der Waals surface area contributed by atoms with Gasteiger partial charge in [-0.25, -0.2) is 0 Å². The molecule has 0 aliphatic carbocycles. The number of nitrogens with zero attached hydrogens (tertiary/aromatic N) is 1. The minimum Gasteiger partial charge on any atom is -0.506 e. The summed E-state index contributed by atoms with van der Waals surface area (Å²) in [5.74, 6) is 1.26. The van der Waals surface area contributed by atoms with Gasteiger partial charge >= 0.3 is 0 Å². The zero-order chi connectivity index (χ0) is 16.1. The standard InChI is InChI=1S/C16H15Cl2NO3/c1-21-14-4-3-10(5-15(14)22-2)8-19-9-11-6-12(17)7-13(18)16(11)20/h3-7,9,20H,8H2,1-2H3. The van der Waals surface area contributed by atoms with E-state index in [1.165, 1.54) is 12.3 Å². The summed E-state index contributed by atoms with van der Waals surface area (Å²) in [4.78, 5) is 4.29.